The van der Waals surface area contributed by atoms with Gasteiger partial charge in [0.25, 0.3) is 0 Å². The third kappa shape index (κ3) is 1.45. The molecular weight excluding hydrogens is 175 g/mol. The van der Waals surface area contributed by atoms with Crippen LogP contribution in [0.4, 0.5) is 4.39 Å². The molecule has 13 heavy (non-hydrogen) atoms. The zero-order valence-corrected chi connectivity index (χ0v) is 6.87. The van der Waals surface area contributed by atoms with E-state index in [9.17, 15) is 4.39 Å². The summed E-state index contributed by atoms with van der Waals surface area (Å²) in [5, 5.41) is 8.78. The van der Waals surface area contributed by atoms with Crippen molar-refractivity contribution in [2.45, 2.75) is 6.10 Å². The van der Waals surface area contributed by atoms with E-state index in [1.165, 1.54) is 6.07 Å². The number of aliphatic hydroxyl groups excluding tert-OH is 1. The zero-order valence-electron chi connectivity index (χ0n) is 6.87. The maximum atomic E-state index is 13.1. The fourth-order valence-electron chi connectivity index (χ4n) is 1.19. The highest BCUT2D eigenvalue weighted by Crippen LogP contribution is 2.33. The lowest BCUT2D eigenvalue weighted by Gasteiger charge is -2.25. The van der Waals surface area contributed by atoms with Crippen molar-refractivity contribution in [3.05, 3.63) is 24.0 Å². The Hall–Kier alpha value is -1.29. The van der Waals surface area contributed by atoms with Gasteiger partial charge in [-0.05, 0) is 12.1 Å². The molecule has 1 aromatic carbocycles. The van der Waals surface area contributed by atoms with E-state index >= 15 is 0 Å². The maximum Gasteiger partial charge on any atom is 0.197 e. The van der Waals surface area contributed by atoms with Crippen LogP contribution in [0.3, 0.4) is 0 Å². The topological polar surface area (TPSA) is 38.7 Å². The Kier molecular flexibility index (Phi) is 2.06. The van der Waals surface area contributed by atoms with Gasteiger partial charge in [0.1, 0.15) is 6.61 Å². The lowest BCUT2D eigenvalue weighted by molar-refractivity contribution is 0.0418. The lowest BCUT2D eigenvalue weighted by atomic mass is 10.2. The molecule has 4 heteroatoms. The number of hydrogen-bond donors (Lipinski definition) is 1. The Morgan fingerprint density at radius 1 is 1.54 bits per heavy atom. The van der Waals surface area contributed by atoms with Crippen LogP contribution in [0.5, 0.6) is 11.5 Å². The summed E-state index contributed by atoms with van der Waals surface area (Å²) in [6.45, 7) is 0.0841. The van der Waals surface area contributed by atoms with Gasteiger partial charge in [0.2, 0.25) is 0 Å². The van der Waals surface area contributed by atoms with E-state index in [4.69, 9.17) is 14.6 Å². The summed E-state index contributed by atoms with van der Waals surface area (Å²) in [7, 11) is 0. The van der Waals surface area contributed by atoms with Gasteiger partial charge in [0.15, 0.2) is 23.4 Å². The van der Waals surface area contributed by atoms with Crippen LogP contribution in [0.1, 0.15) is 0 Å². The standard InChI is InChI=1S/C9H9FO3/c10-7-2-1-3-8-9(7)13-6(4-11)5-12-8/h1-3,6,11H,4-5H2/t6-/m1/s1. The smallest absolute Gasteiger partial charge is 0.197 e. The molecule has 0 fully saturated rings. The van der Waals surface area contributed by atoms with Gasteiger partial charge in [0, 0.05) is 0 Å². The molecule has 0 aliphatic carbocycles. The molecule has 0 radical (unpaired) electrons. The van der Waals surface area contributed by atoms with E-state index in [1.807, 2.05) is 0 Å². The summed E-state index contributed by atoms with van der Waals surface area (Å²) in [6.07, 6.45) is -0.468. The molecule has 70 valence electrons. The molecule has 1 N–H and O–H groups in total. The molecule has 0 bridgehead atoms. The molecule has 0 unspecified atom stereocenters. The molecule has 2 rings (SSSR count). The maximum absolute atomic E-state index is 13.1. The van der Waals surface area contributed by atoms with Crippen molar-refractivity contribution in [2.24, 2.45) is 0 Å². The molecular formula is C9H9FO3. The first-order valence-corrected chi connectivity index (χ1v) is 4.00. The molecule has 1 aliphatic heterocycles. The predicted octanol–water partition coefficient (Wildman–Crippen LogP) is 0.958. The fraction of sp³-hybridized carbons (Fsp3) is 0.333. The molecule has 1 heterocycles. The van der Waals surface area contributed by atoms with Crippen molar-refractivity contribution in [2.75, 3.05) is 13.2 Å². The van der Waals surface area contributed by atoms with Gasteiger partial charge in [-0.2, -0.15) is 0 Å². The van der Waals surface area contributed by atoms with Crippen LogP contribution < -0.4 is 9.47 Å². The molecule has 0 saturated heterocycles. The van der Waals surface area contributed by atoms with Crippen molar-refractivity contribution < 1.29 is 19.0 Å². The van der Waals surface area contributed by atoms with Gasteiger partial charge in [-0.1, -0.05) is 6.07 Å². The molecule has 0 saturated carbocycles. The second kappa shape index (κ2) is 3.22. The average molecular weight is 184 g/mol. The van der Waals surface area contributed by atoms with Crippen LogP contribution >= 0.6 is 0 Å². The number of para-hydroxylation sites is 1. The van der Waals surface area contributed by atoms with Gasteiger partial charge < -0.3 is 14.6 Å². The highest BCUT2D eigenvalue weighted by molar-refractivity contribution is 5.42. The van der Waals surface area contributed by atoms with E-state index in [2.05, 4.69) is 0 Å². The second-order valence-electron chi connectivity index (χ2n) is 2.80. The molecule has 1 atom stereocenters. The van der Waals surface area contributed by atoms with Crippen molar-refractivity contribution >= 4 is 0 Å². The number of halogens is 1. The fourth-order valence-corrected chi connectivity index (χ4v) is 1.19. The number of hydrogen-bond acceptors (Lipinski definition) is 3. The van der Waals surface area contributed by atoms with E-state index in [0.29, 0.717) is 5.75 Å². The molecule has 0 aromatic heterocycles. The van der Waals surface area contributed by atoms with Gasteiger partial charge >= 0.3 is 0 Å². The number of ether oxygens (including phenoxy) is 2. The minimum absolute atomic E-state index is 0.0906. The molecule has 1 aromatic rings. The lowest BCUT2D eigenvalue weighted by Crippen LogP contribution is -2.32. The summed E-state index contributed by atoms with van der Waals surface area (Å²) < 4.78 is 23.4. The van der Waals surface area contributed by atoms with Crippen LogP contribution in [0.15, 0.2) is 18.2 Å². The highest BCUT2D eigenvalue weighted by Gasteiger charge is 2.22. The normalized spacial score (nSPS) is 20.0. The monoisotopic (exact) mass is 184 g/mol. The SMILES string of the molecule is OC[C@@H]1COc2cccc(F)c2O1. The van der Waals surface area contributed by atoms with Crippen LogP contribution in [0.2, 0.25) is 0 Å². The van der Waals surface area contributed by atoms with Crippen molar-refractivity contribution in [3.63, 3.8) is 0 Å². The Morgan fingerprint density at radius 2 is 2.38 bits per heavy atom. The number of benzene rings is 1. The van der Waals surface area contributed by atoms with Crippen molar-refractivity contribution in [1.29, 1.82) is 0 Å². The number of fused-ring (bicyclic) bond motifs is 1. The largest absolute Gasteiger partial charge is 0.486 e. The van der Waals surface area contributed by atoms with Crippen LogP contribution in [0.25, 0.3) is 0 Å². The van der Waals surface area contributed by atoms with E-state index in [1.54, 1.807) is 12.1 Å². The molecule has 3 nitrogen and oxygen atoms in total. The Balaban J connectivity index is 2.32. The van der Waals surface area contributed by atoms with E-state index in [0.717, 1.165) is 0 Å². The summed E-state index contributed by atoms with van der Waals surface area (Å²) in [6, 6.07) is 4.48. The molecule has 1 aliphatic rings. The Morgan fingerprint density at radius 3 is 3.15 bits per heavy atom. The zero-order chi connectivity index (χ0) is 9.26. The quantitative estimate of drug-likeness (QED) is 0.706. The van der Waals surface area contributed by atoms with Crippen molar-refractivity contribution in [1.82, 2.24) is 0 Å². The van der Waals surface area contributed by atoms with Crippen LogP contribution in [-0.2, 0) is 0 Å². The third-order valence-electron chi connectivity index (χ3n) is 1.84. The van der Waals surface area contributed by atoms with Gasteiger partial charge in [0.05, 0.1) is 6.61 Å². The first-order valence-electron chi connectivity index (χ1n) is 4.00. The van der Waals surface area contributed by atoms with Gasteiger partial charge in [-0.3, -0.25) is 0 Å². The number of rotatable bonds is 1. The minimum Gasteiger partial charge on any atom is -0.486 e. The van der Waals surface area contributed by atoms with E-state index < -0.39 is 11.9 Å². The predicted molar refractivity (Wildman–Crippen MR) is 43.4 cm³/mol. The third-order valence-corrected chi connectivity index (χ3v) is 1.84. The highest BCUT2D eigenvalue weighted by atomic mass is 19.1. The second-order valence-corrected chi connectivity index (χ2v) is 2.80. The van der Waals surface area contributed by atoms with Crippen LogP contribution in [0, 0.1) is 5.82 Å². The molecule has 0 amide bonds. The van der Waals surface area contributed by atoms with Crippen LogP contribution in [-0.4, -0.2) is 24.4 Å². The average Bonchev–Trinajstić information content (AvgIpc) is 2.18. The van der Waals surface area contributed by atoms with Crippen molar-refractivity contribution in [3.8, 4) is 11.5 Å². The summed E-state index contributed by atoms with van der Waals surface area (Å²) in [5.41, 5.74) is 0. The van der Waals surface area contributed by atoms with Gasteiger partial charge in [-0.25, -0.2) is 4.39 Å². The van der Waals surface area contributed by atoms with E-state index in [-0.39, 0.29) is 19.0 Å². The summed E-state index contributed by atoms with van der Waals surface area (Å²) in [5.74, 6) is 0.0214. The summed E-state index contributed by atoms with van der Waals surface area (Å²) >= 11 is 0. The minimum atomic E-state index is -0.468. The molecule has 0 spiro atoms. The first-order chi connectivity index (χ1) is 6.31. The Labute approximate surface area is 74.7 Å². The Bertz CT molecular complexity index is 314. The number of aliphatic hydroxyl groups is 1. The first kappa shape index (κ1) is 8.31. The summed E-state index contributed by atoms with van der Waals surface area (Å²) in [4.78, 5) is 0. The van der Waals surface area contributed by atoms with Gasteiger partial charge in [-0.15, -0.1) is 0 Å².